The Morgan fingerprint density at radius 1 is 1.32 bits per heavy atom. The van der Waals surface area contributed by atoms with Crippen molar-refractivity contribution in [3.8, 4) is 5.75 Å². The molecule has 0 aliphatic carbocycles. The fraction of sp³-hybridized carbons (Fsp3) is 0.650. The lowest BCUT2D eigenvalue weighted by atomic mass is 9.80. The maximum atomic E-state index is 12.7. The second kappa shape index (κ2) is 9.73. The number of ether oxygens (including phenoxy) is 4. The maximum absolute atomic E-state index is 12.7. The number of hydrogen-bond donors (Lipinski definition) is 0. The molecule has 0 radical (unpaired) electrons. The van der Waals surface area contributed by atoms with Gasteiger partial charge in [0.05, 0.1) is 18.7 Å². The summed E-state index contributed by atoms with van der Waals surface area (Å²) in [7, 11) is 1.54. The van der Waals surface area contributed by atoms with E-state index in [1.807, 2.05) is 26.8 Å². The van der Waals surface area contributed by atoms with E-state index >= 15 is 0 Å². The van der Waals surface area contributed by atoms with Crippen LogP contribution in [0, 0.1) is 5.92 Å². The van der Waals surface area contributed by atoms with Gasteiger partial charge >= 0.3 is 12.1 Å². The SMILES string of the molecule is CCOC(=O)[C@H]1CN(C(=O)OC(C)(C)C)CC[C@H]1c1ccncc1OCOC. The Balaban J connectivity index is 2.25. The number of methoxy groups -OCH3 is 1. The smallest absolute Gasteiger partial charge is 0.410 e. The Labute approximate surface area is 166 Å². The van der Waals surface area contributed by atoms with Crippen LogP contribution in [0.4, 0.5) is 4.79 Å². The van der Waals surface area contributed by atoms with E-state index in [4.69, 9.17) is 18.9 Å². The number of nitrogens with zero attached hydrogens (tertiary/aromatic N) is 2. The number of piperidine rings is 1. The Morgan fingerprint density at radius 3 is 2.71 bits per heavy atom. The molecule has 0 bridgehead atoms. The summed E-state index contributed by atoms with van der Waals surface area (Å²) in [5.74, 6) is -0.453. The third-order valence-electron chi connectivity index (χ3n) is 4.40. The first-order valence-electron chi connectivity index (χ1n) is 9.47. The molecular weight excluding hydrogens is 364 g/mol. The molecule has 8 heteroatoms. The lowest BCUT2D eigenvalue weighted by Gasteiger charge is -2.38. The van der Waals surface area contributed by atoms with Gasteiger partial charge in [0.2, 0.25) is 0 Å². The van der Waals surface area contributed by atoms with E-state index in [-0.39, 0.29) is 31.8 Å². The minimum Gasteiger partial charge on any atom is -0.466 e. The van der Waals surface area contributed by atoms with Crippen LogP contribution in [0.1, 0.15) is 45.6 Å². The van der Waals surface area contributed by atoms with Crippen molar-refractivity contribution in [2.75, 3.05) is 33.6 Å². The minimum absolute atomic E-state index is 0.0829. The van der Waals surface area contributed by atoms with Crippen LogP contribution in [0.15, 0.2) is 18.5 Å². The number of likely N-dealkylation sites (tertiary alicyclic amines) is 1. The predicted octanol–water partition coefficient (Wildman–Crippen LogP) is 2.97. The number of carbonyl (C=O) groups excluding carboxylic acids is 2. The van der Waals surface area contributed by atoms with Gasteiger partial charge in [0.1, 0.15) is 11.4 Å². The van der Waals surface area contributed by atoms with E-state index in [9.17, 15) is 9.59 Å². The Morgan fingerprint density at radius 2 is 2.07 bits per heavy atom. The lowest BCUT2D eigenvalue weighted by molar-refractivity contribution is -0.150. The molecule has 0 spiro atoms. The lowest BCUT2D eigenvalue weighted by Crippen LogP contribution is -2.47. The first-order chi connectivity index (χ1) is 13.3. The van der Waals surface area contributed by atoms with Gasteiger partial charge in [-0.15, -0.1) is 0 Å². The molecule has 1 saturated heterocycles. The Kier molecular flexibility index (Phi) is 7.62. The number of aromatic nitrogens is 1. The molecule has 1 aromatic heterocycles. The van der Waals surface area contributed by atoms with Gasteiger partial charge in [-0.05, 0) is 40.2 Å². The number of amides is 1. The fourth-order valence-electron chi connectivity index (χ4n) is 3.24. The van der Waals surface area contributed by atoms with Crippen molar-refractivity contribution >= 4 is 12.1 Å². The molecule has 0 aromatic carbocycles. The predicted molar refractivity (Wildman–Crippen MR) is 102 cm³/mol. The molecule has 2 heterocycles. The first-order valence-corrected chi connectivity index (χ1v) is 9.47. The number of hydrogen-bond acceptors (Lipinski definition) is 7. The average Bonchev–Trinajstić information content (AvgIpc) is 2.65. The minimum atomic E-state index is -0.598. The quantitative estimate of drug-likeness (QED) is 0.541. The van der Waals surface area contributed by atoms with E-state index in [1.165, 1.54) is 7.11 Å². The highest BCUT2D eigenvalue weighted by molar-refractivity contribution is 5.76. The molecule has 2 atom stereocenters. The molecule has 2 rings (SSSR count). The third-order valence-corrected chi connectivity index (χ3v) is 4.40. The molecule has 156 valence electrons. The van der Waals surface area contributed by atoms with E-state index in [0.717, 1.165) is 5.56 Å². The van der Waals surface area contributed by atoms with E-state index in [2.05, 4.69) is 4.98 Å². The van der Waals surface area contributed by atoms with Gasteiger partial charge in [0.25, 0.3) is 0 Å². The molecule has 1 aliphatic heterocycles. The van der Waals surface area contributed by atoms with Gasteiger partial charge in [-0.1, -0.05) is 0 Å². The van der Waals surface area contributed by atoms with Gasteiger partial charge < -0.3 is 23.8 Å². The maximum Gasteiger partial charge on any atom is 0.410 e. The van der Waals surface area contributed by atoms with Crippen LogP contribution >= 0.6 is 0 Å². The molecule has 8 nitrogen and oxygen atoms in total. The zero-order chi connectivity index (χ0) is 20.7. The van der Waals surface area contributed by atoms with Crippen LogP contribution in [0.5, 0.6) is 5.75 Å². The van der Waals surface area contributed by atoms with Crippen molar-refractivity contribution in [2.24, 2.45) is 5.92 Å². The summed E-state index contributed by atoms with van der Waals surface area (Å²) in [5.41, 5.74) is 0.258. The zero-order valence-corrected chi connectivity index (χ0v) is 17.3. The first kappa shape index (κ1) is 21.9. The molecular formula is C20H30N2O6. The van der Waals surface area contributed by atoms with E-state index < -0.39 is 17.6 Å². The van der Waals surface area contributed by atoms with Crippen molar-refractivity contribution in [3.05, 3.63) is 24.0 Å². The number of rotatable bonds is 6. The third kappa shape index (κ3) is 5.82. The Bertz CT molecular complexity index is 673. The van der Waals surface area contributed by atoms with Crippen molar-refractivity contribution in [3.63, 3.8) is 0 Å². The summed E-state index contributed by atoms with van der Waals surface area (Å²) in [4.78, 5) is 30.8. The van der Waals surface area contributed by atoms with Crippen LogP contribution in [-0.4, -0.2) is 61.1 Å². The molecule has 1 amide bonds. The molecule has 1 fully saturated rings. The molecule has 1 aromatic rings. The van der Waals surface area contributed by atoms with Crippen LogP contribution in [0.25, 0.3) is 0 Å². The Hall–Kier alpha value is -2.35. The van der Waals surface area contributed by atoms with Gasteiger partial charge in [-0.3, -0.25) is 9.78 Å². The molecule has 0 saturated carbocycles. The molecule has 1 aliphatic rings. The fourth-order valence-corrected chi connectivity index (χ4v) is 3.24. The van der Waals surface area contributed by atoms with Crippen molar-refractivity contribution in [2.45, 2.75) is 45.6 Å². The van der Waals surface area contributed by atoms with Gasteiger partial charge in [0.15, 0.2) is 6.79 Å². The van der Waals surface area contributed by atoms with Crippen LogP contribution < -0.4 is 4.74 Å². The summed E-state index contributed by atoms with van der Waals surface area (Å²) in [6.07, 6.45) is 3.43. The summed E-state index contributed by atoms with van der Waals surface area (Å²) in [5, 5.41) is 0. The topological polar surface area (TPSA) is 87.2 Å². The number of esters is 1. The highest BCUT2D eigenvalue weighted by atomic mass is 16.7. The standard InChI is InChI=1S/C20H30N2O6/c1-6-26-18(23)16-12-22(19(24)28-20(2,3)4)10-8-14(16)15-7-9-21-11-17(15)27-13-25-5/h7,9,11,14,16H,6,8,10,12-13H2,1-5H3/t14-,16-/m0/s1. The highest BCUT2D eigenvalue weighted by Gasteiger charge is 2.40. The average molecular weight is 394 g/mol. The zero-order valence-electron chi connectivity index (χ0n) is 17.3. The summed E-state index contributed by atoms with van der Waals surface area (Å²) in [6, 6.07) is 1.84. The van der Waals surface area contributed by atoms with Crippen LogP contribution in [-0.2, 0) is 19.0 Å². The molecule has 0 unspecified atom stereocenters. The summed E-state index contributed by atoms with van der Waals surface area (Å²) >= 11 is 0. The van der Waals surface area contributed by atoms with E-state index in [0.29, 0.717) is 18.7 Å². The van der Waals surface area contributed by atoms with Crippen molar-refractivity contribution < 1.29 is 28.5 Å². The number of carbonyl (C=O) groups is 2. The summed E-state index contributed by atoms with van der Waals surface area (Å²) < 4.78 is 21.4. The second-order valence-electron chi connectivity index (χ2n) is 7.64. The van der Waals surface area contributed by atoms with Gasteiger partial charge in [0, 0.05) is 37.9 Å². The normalized spacial score (nSPS) is 19.8. The largest absolute Gasteiger partial charge is 0.466 e. The van der Waals surface area contributed by atoms with Gasteiger partial charge in [-0.2, -0.15) is 0 Å². The monoisotopic (exact) mass is 394 g/mol. The van der Waals surface area contributed by atoms with E-state index in [1.54, 1.807) is 24.2 Å². The number of pyridine rings is 1. The second-order valence-corrected chi connectivity index (χ2v) is 7.64. The molecule has 0 N–H and O–H groups in total. The molecule has 28 heavy (non-hydrogen) atoms. The summed E-state index contributed by atoms with van der Waals surface area (Å²) in [6.45, 7) is 8.27. The van der Waals surface area contributed by atoms with Crippen molar-refractivity contribution in [1.82, 2.24) is 9.88 Å². The van der Waals surface area contributed by atoms with Crippen LogP contribution in [0.2, 0.25) is 0 Å². The van der Waals surface area contributed by atoms with Crippen molar-refractivity contribution in [1.29, 1.82) is 0 Å². The van der Waals surface area contributed by atoms with Crippen LogP contribution in [0.3, 0.4) is 0 Å². The highest BCUT2D eigenvalue weighted by Crippen LogP contribution is 2.38. The van der Waals surface area contributed by atoms with Gasteiger partial charge in [-0.25, -0.2) is 4.79 Å².